The predicted octanol–water partition coefficient (Wildman–Crippen LogP) is 4.12. The molecule has 0 heterocycles. The highest BCUT2D eigenvalue weighted by Crippen LogP contribution is 2.23. The zero-order valence-corrected chi connectivity index (χ0v) is 10.9. The lowest BCUT2D eigenvalue weighted by Crippen LogP contribution is -2.03. The van der Waals surface area contributed by atoms with E-state index in [0.717, 1.165) is 5.56 Å². The highest BCUT2D eigenvalue weighted by molar-refractivity contribution is 6.42. The molecular formula is C14H10Cl2O2. The lowest BCUT2D eigenvalue weighted by molar-refractivity contribution is 0.0993. The van der Waals surface area contributed by atoms with Gasteiger partial charge in [-0.1, -0.05) is 35.3 Å². The minimum atomic E-state index is -0.0424. The first kappa shape index (κ1) is 12.9. The summed E-state index contributed by atoms with van der Waals surface area (Å²) in [6.07, 6.45) is 0.262. The van der Waals surface area contributed by atoms with E-state index in [4.69, 9.17) is 28.3 Å². The van der Waals surface area contributed by atoms with Crippen LogP contribution in [0.15, 0.2) is 42.5 Å². The summed E-state index contributed by atoms with van der Waals surface area (Å²) in [5.41, 5.74) is 1.36. The van der Waals surface area contributed by atoms with E-state index in [2.05, 4.69) is 0 Å². The van der Waals surface area contributed by atoms with Crippen LogP contribution in [0.3, 0.4) is 0 Å². The third kappa shape index (κ3) is 3.03. The number of aromatic hydroxyl groups is 1. The minimum Gasteiger partial charge on any atom is -0.508 e. The fraction of sp³-hybridized carbons (Fsp3) is 0.0714. The number of phenolic OH excluding ortho intramolecular Hbond substituents is 1. The Morgan fingerprint density at radius 1 is 1.00 bits per heavy atom. The average molecular weight is 281 g/mol. The van der Waals surface area contributed by atoms with Gasteiger partial charge in [0.25, 0.3) is 0 Å². The molecule has 0 amide bonds. The van der Waals surface area contributed by atoms with Crippen molar-refractivity contribution in [1.82, 2.24) is 0 Å². The van der Waals surface area contributed by atoms with Gasteiger partial charge in [0.05, 0.1) is 10.0 Å². The van der Waals surface area contributed by atoms with Crippen LogP contribution in [0.25, 0.3) is 0 Å². The van der Waals surface area contributed by atoms with E-state index in [1.165, 1.54) is 0 Å². The van der Waals surface area contributed by atoms with Gasteiger partial charge in [-0.2, -0.15) is 0 Å². The van der Waals surface area contributed by atoms with Crippen LogP contribution >= 0.6 is 23.2 Å². The van der Waals surface area contributed by atoms with E-state index >= 15 is 0 Å². The van der Waals surface area contributed by atoms with Crippen molar-refractivity contribution < 1.29 is 9.90 Å². The van der Waals surface area contributed by atoms with Crippen molar-refractivity contribution in [3.63, 3.8) is 0 Å². The van der Waals surface area contributed by atoms with Gasteiger partial charge in [-0.25, -0.2) is 0 Å². The van der Waals surface area contributed by atoms with Crippen molar-refractivity contribution >= 4 is 29.0 Å². The molecule has 0 aliphatic carbocycles. The zero-order valence-electron chi connectivity index (χ0n) is 9.36. The monoisotopic (exact) mass is 280 g/mol. The van der Waals surface area contributed by atoms with Gasteiger partial charge in [-0.05, 0) is 35.9 Å². The Morgan fingerprint density at radius 2 is 1.67 bits per heavy atom. The molecule has 0 fully saturated rings. The first-order chi connectivity index (χ1) is 8.56. The molecule has 2 rings (SSSR count). The summed E-state index contributed by atoms with van der Waals surface area (Å²) in [6.45, 7) is 0. The number of hydrogen-bond acceptors (Lipinski definition) is 2. The van der Waals surface area contributed by atoms with Crippen LogP contribution in [-0.4, -0.2) is 10.9 Å². The molecule has 0 atom stereocenters. The number of ketones is 1. The maximum atomic E-state index is 12.0. The van der Waals surface area contributed by atoms with Gasteiger partial charge in [-0.3, -0.25) is 4.79 Å². The normalized spacial score (nSPS) is 10.3. The van der Waals surface area contributed by atoms with Gasteiger partial charge in [0.2, 0.25) is 0 Å². The van der Waals surface area contributed by atoms with Crippen LogP contribution in [0.5, 0.6) is 5.75 Å². The van der Waals surface area contributed by atoms with Gasteiger partial charge >= 0.3 is 0 Å². The molecule has 0 spiro atoms. The summed E-state index contributed by atoms with van der Waals surface area (Å²) in [5, 5.41) is 9.96. The smallest absolute Gasteiger partial charge is 0.167 e. The molecule has 2 nitrogen and oxygen atoms in total. The Kier molecular flexibility index (Phi) is 3.90. The largest absolute Gasteiger partial charge is 0.508 e. The van der Waals surface area contributed by atoms with E-state index in [1.807, 2.05) is 0 Å². The Hall–Kier alpha value is -1.51. The van der Waals surface area contributed by atoms with E-state index < -0.39 is 0 Å². The molecule has 0 bridgehead atoms. The Morgan fingerprint density at radius 3 is 2.28 bits per heavy atom. The number of phenols is 1. The summed E-state index contributed by atoms with van der Waals surface area (Å²) < 4.78 is 0. The van der Waals surface area contributed by atoms with Gasteiger partial charge < -0.3 is 5.11 Å². The lowest BCUT2D eigenvalue weighted by atomic mass is 10.0. The van der Waals surface area contributed by atoms with Crippen LogP contribution in [0.1, 0.15) is 15.9 Å². The van der Waals surface area contributed by atoms with Gasteiger partial charge in [0, 0.05) is 12.0 Å². The zero-order chi connectivity index (χ0) is 13.1. The van der Waals surface area contributed by atoms with Gasteiger partial charge in [0.15, 0.2) is 5.78 Å². The van der Waals surface area contributed by atoms with E-state index in [9.17, 15) is 4.79 Å². The standard InChI is InChI=1S/C14H10Cl2O2/c15-12-6-3-10(8-13(12)16)14(18)7-9-1-4-11(17)5-2-9/h1-6,8,17H,7H2. The first-order valence-electron chi connectivity index (χ1n) is 5.32. The van der Waals surface area contributed by atoms with Crippen molar-refractivity contribution in [2.75, 3.05) is 0 Å². The molecular weight excluding hydrogens is 271 g/mol. The summed E-state index contributed by atoms with van der Waals surface area (Å²) in [5.74, 6) is 0.139. The van der Waals surface area contributed by atoms with Crippen LogP contribution in [0, 0.1) is 0 Å². The molecule has 92 valence electrons. The minimum absolute atomic E-state index is 0.0424. The number of benzene rings is 2. The Bertz CT molecular complexity index is 577. The lowest BCUT2D eigenvalue weighted by Gasteiger charge is -2.03. The third-order valence-electron chi connectivity index (χ3n) is 2.54. The SMILES string of the molecule is O=C(Cc1ccc(O)cc1)c1ccc(Cl)c(Cl)c1. The molecule has 4 heteroatoms. The number of halogens is 2. The van der Waals surface area contributed by atoms with E-state index in [1.54, 1.807) is 42.5 Å². The van der Waals surface area contributed by atoms with Crippen molar-refractivity contribution in [3.05, 3.63) is 63.6 Å². The highest BCUT2D eigenvalue weighted by atomic mass is 35.5. The molecule has 0 aromatic heterocycles. The molecule has 0 saturated heterocycles. The number of carbonyl (C=O) groups is 1. The topological polar surface area (TPSA) is 37.3 Å². The molecule has 0 aliphatic rings. The molecule has 0 aliphatic heterocycles. The third-order valence-corrected chi connectivity index (χ3v) is 3.28. The average Bonchev–Trinajstić information content (AvgIpc) is 2.35. The molecule has 18 heavy (non-hydrogen) atoms. The second-order valence-corrected chi connectivity index (χ2v) is 4.71. The fourth-order valence-electron chi connectivity index (χ4n) is 1.57. The van der Waals surface area contributed by atoms with Gasteiger partial charge in [0.1, 0.15) is 5.75 Å². The second-order valence-electron chi connectivity index (χ2n) is 3.90. The number of hydrogen-bond donors (Lipinski definition) is 1. The van der Waals surface area contributed by atoms with Crippen molar-refractivity contribution in [3.8, 4) is 5.75 Å². The van der Waals surface area contributed by atoms with Crippen molar-refractivity contribution in [1.29, 1.82) is 0 Å². The fourth-order valence-corrected chi connectivity index (χ4v) is 1.87. The second kappa shape index (κ2) is 5.42. The summed E-state index contributed by atoms with van der Waals surface area (Å²) in [6, 6.07) is 11.3. The first-order valence-corrected chi connectivity index (χ1v) is 6.08. The molecule has 2 aromatic carbocycles. The molecule has 2 aromatic rings. The molecule has 0 radical (unpaired) electrons. The number of Topliss-reactive ketones (excluding diaryl/α,β-unsaturated/α-hetero) is 1. The molecule has 0 saturated carbocycles. The quantitative estimate of drug-likeness (QED) is 0.859. The maximum Gasteiger partial charge on any atom is 0.167 e. The van der Waals surface area contributed by atoms with Crippen LogP contribution in [-0.2, 0) is 6.42 Å². The Labute approximate surface area is 115 Å². The summed E-state index contributed by atoms with van der Waals surface area (Å²) in [4.78, 5) is 12.0. The maximum absolute atomic E-state index is 12.0. The van der Waals surface area contributed by atoms with Crippen LogP contribution in [0.2, 0.25) is 10.0 Å². The number of rotatable bonds is 3. The summed E-state index contributed by atoms with van der Waals surface area (Å²) in [7, 11) is 0. The predicted molar refractivity (Wildman–Crippen MR) is 72.6 cm³/mol. The van der Waals surface area contributed by atoms with E-state index in [0.29, 0.717) is 15.6 Å². The highest BCUT2D eigenvalue weighted by Gasteiger charge is 2.09. The van der Waals surface area contributed by atoms with Gasteiger partial charge in [-0.15, -0.1) is 0 Å². The van der Waals surface area contributed by atoms with Crippen molar-refractivity contribution in [2.24, 2.45) is 0 Å². The van der Waals surface area contributed by atoms with E-state index in [-0.39, 0.29) is 18.0 Å². The molecule has 0 unspecified atom stereocenters. The Balaban J connectivity index is 2.16. The molecule has 1 N–H and O–H groups in total. The van der Waals surface area contributed by atoms with Crippen molar-refractivity contribution in [2.45, 2.75) is 6.42 Å². The number of carbonyl (C=O) groups excluding carboxylic acids is 1. The summed E-state index contributed by atoms with van der Waals surface area (Å²) >= 11 is 11.7. The van der Waals surface area contributed by atoms with Crippen LogP contribution < -0.4 is 0 Å². The van der Waals surface area contributed by atoms with Crippen LogP contribution in [0.4, 0.5) is 0 Å².